The van der Waals surface area contributed by atoms with Crippen LogP contribution >= 0.6 is 11.6 Å². The van der Waals surface area contributed by atoms with E-state index in [-0.39, 0.29) is 48.9 Å². The second kappa shape index (κ2) is 16.6. The summed E-state index contributed by atoms with van der Waals surface area (Å²) >= 11 is 6.12. The molecule has 5 N–H and O–H groups in total. The third-order valence-corrected chi connectivity index (χ3v) is 8.24. The fraction of sp³-hybridized carbons (Fsp3) is 0.286. The third-order valence-electron chi connectivity index (χ3n) is 7.87. The number of nitrogens with zero attached hydrogens (tertiary/aromatic N) is 1. The molecule has 1 fully saturated rings. The first kappa shape index (κ1) is 34.8. The summed E-state index contributed by atoms with van der Waals surface area (Å²) in [5.41, 5.74) is 8.71. The largest absolute Gasteiger partial charge is 0.447 e. The van der Waals surface area contributed by atoms with Gasteiger partial charge in [0.15, 0.2) is 0 Å². The molecule has 0 radical (unpaired) electrons. The van der Waals surface area contributed by atoms with Crippen LogP contribution in [0.4, 0.5) is 23.7 Å². The van der Waals surface area contributed by atoms with Crippen molar-refractivity contribution in [3.05, 3.63) is 118 Å². The van der Waals surface area contributed by atoms with E-state index in [4.69, 9.17) is 26.8 Å². The highest BCUT2D eigenvalue weighted by molar-refractivity contribution is 6.31. The van der Waals surface area contributed by atoms with Gasteiger partial charge in [0.05, 0.1) is 30.2 Å². The molecule has 0 bridgehead atoms. The Hall–Kier alpha value is -4.49. The van der Waals surface area contributed by atoms with E-state index in [1.165, 1.54) is 42.6 Å². The van der Waals surface area contributed by atoms with Crippen molar-refractivity contribution >= 4 is 29.3 Å². The lowest BCUT2D eigenvalue weighted by molar-refractivity contribution is -0.117. The molecule has 1 saturated heterocycles. The first-order chi connectivity index (χ1) is 23.2. The summed E-state index contributed by atoms with van der Waals surface area (Å²) in [6, 6.07) is 15.9. The number of halogens is 4. The third kappa shape index (κ3) is 9.54. The van der Waals surface area contributed by atoms with Crippen LogP contribution in [0.5, 0.6) is 0 Å². The highest BCUT2D eigenvalue weighted by Gasteiger charge is 2.25. The van der Waals surface area contributed by atoms with Crippen molar-refractivity contribution in [2.24, 2.45) is 5.73 Å². The Kier molecular flexibility index (Phi) is 12.0. The summed E-state index contributed by atoms with van der Waals surface area (Å²) in [5, 5.41) is 9.13. The van der Waals surface area contributed by atoms with Crippen molar-refractivity contribution in [1.29, 1.82) is 0 Å². The molecule has 2 amide bonds. The number of alkyl carbamates (subject to hydrolysis) is 1. The summed E-state index contributed by atoms with van der Waals surface area (Å²) in [4.78, 5) is 29.2. The number of nitrogens with two attached hydrogens (primary N) is 1. The molecule has 9 nitrogen and oxygen atoms in total. The maximum Gasteiger partial charge on any atom is 0.407 e. The number of rotatable bonds is 12. The number of benzene rings is 3. The van der Waals surface area contributed by atoms with Crippen molar-refractivity contribution in [1.82, 2.24) is 15.6 Å². The summed E-state index contributed by atoms with van der Waals surface area (Å²) in [6.45, 7) is 1.21. The fourth-order valence-corrected chi connectivity index (χ4v) is 5.52. The zero-order valence-corrected chi connectivity index (χ0v) is 26.6. The first-order valence-electron chi connectivity index (χ1n) is 15.4. The minimum absolute atomic E-state index is 0.0140. The van der Waals surface area contributed by atoms with Crippen LogP contribution in [-0.2, 0) is 33.7 Å². The Balaban J connectivity index is 1.12. The van der Waals surface area contributed by atoms with Gasteiger partial charge in [-0.05, 0) is 66.3 Å². The Morgan fingerprint density at radius 1 is 1.02 bits per heavy atom. The van der Waals surface area contributed by atoms with Crippen molar-refractivity contribution in [2.75, 3.05) is 25.0 Å². The summed E-state index contributed by atoms with van der Waals surface area (Å²) in [5.74, 6) is -2.10. The molecule has 3 aromatic carbocycles. The Morgan fingerprint density at radius 2 is 1.79 bits per heavy atom. The van der Waals surface area contributed by atoms with Gasteiger partial charge >= 0.3 is 6.09 Å². The molecule has 0 aliphatic carbocycles. The van der Waals surface area contributed by atoms with Crippen LogP contribution in [0.15, 0.2) is 79.1 Å². The van der Waals surface area contributed by atoms with E-state index in [0.717, 1.165) is 11.8 Å². The minimum Gasteiger partial charge on any atom is -0.447 e. The average molecular weight is 682 g/mol. The quantitative estimate of drug-likeness (QED) is 0.155. The van der Waals surface area contributed by atoms with Crippen LogP contribution < -0.4 is 21.7 Å². The van der Waals surface area contributed by atoms with Crippen molar-refractivity contribution in [2.45, 2.75) is 44.1 Å². The number of hydrogen-bond donors (Lipinski definition) is 4. The first-order valence-corrected chi connectivity index (χ1v) is 15.8. The van der Waals surface area contributed by atoms with Gasteiger partial charge in [0.1, 0.15) is 30.2 Å². The summed E-state index contributed by atoms with van der Waals surface area (Å²) in [7, 11) is 0. The standard InChI is InChI=1S/C35H35ClF3N5O4/c36-29-4-2-1-3-23(29)15-43-35(46)47-20-26-17-41-16-25(48-26)10-11-27-31(39)18-42-19-33(27)44-34(45)32(40)14-21-5-12-30(38)28(13-21)22-6-8-24(37)9-7-22/h1-9,12-13,18-19,25-26,32,41H,10-11,14-17,20,40H2,(H,43,46)(H,44,45)/t25-,26+,32?/m1/s1. The van der Waals surface area contributed by atoms with Crippen LogP contribution in [0.25, 0.3) is 11.1 Å². The molecule has 48 heavy (non-hydrogen) atoms. The van der Waals surface area contributed by atoms with Gasteiger partial charge in [-0.2, -0.15) is 0 Å². The zero-order valence-electron chi connectivity index (χ0n) is 25.9. The molecule has 252 valence electrons. The average Bonchev–Trinajstić information content (AvgIpc) is 3.08. The SMILES string of the molecule is NC(Cc1ccc(F)c(-c2ccc(F)cc2)c1)C(=O)Nc1cncc(F)c1CC[C@@H]1CNC[C@@H](COC(=O)NCc2ccccc2Cl)O1. The number of morpholine rings is 1. The second-order valence-electron chi connectivity index (χ2n) is 11.4. The molecule has 3 atom stereocenters. The molecule has 13 heteroatoms. The van der Waals surface area contributed by atoms with E-state index in [1.54, 1.807) is 24.3 Å². The van der Waals surface area contributed by atoms with Gasteiger partial charge in [0, 0.05) is 35.8 Å². The van der Waals surface area contributed by atoms with Crippen LogP contribution in [-0.4, -0.2) is 54.9 Å². The van der Waals surface area contributed by atoms with E-state index in [0.29, 0.717) is 35.7 Å². The van der Waals surface area contributed by atoms with Crippen LogP contribution in [0.2, 0.25) is 5.02 Å². The smallest absolute Gasteiger partial charge is 0.407 e. The highest BCUT2D eigenvalue weighted by Crippen LogP contribution is 2.26. The molecule has 1 aliphatic heterocycles. The fourth-order valence-electron chi connectivity index (χ4n) is 5.32. The monoisotopic (exact) mass is 681 g/mol. The van der Waals surface area contributed by atoms with Gasteiger partial charge < -0.3 is 31.2 Å². The number of pyridine rings is 1. The predicted octanol–water partition coefficient (Wildman–Crippen LogP) is 5.54. The molecule has 1 aliphatic rings. The molecule has 0 saturated carbocycles. The van der Waals surface area contributed by atoms with Gasteiger partial charge in [-0.25, -0.2) is 18.0 Å². The van der Waals surface area contributed by atoms with Crippen LogP contribution in [0.1, 0.15) is 23.1 Å². The van der Waals surface area contributed by atoms with Crippen molar-refractivity contribution < 1.29 is 32.2 Å². The highest BCUT2D eigenvalue weighted by atomic mass is 35.5. The normalized spacial score (nSPS) is 16.6. The summed E-state index contributed by atoms with van der Waals surface area (Å²) in [6.07, 6.45) is 1.78. The molecule has 1 unspecified atom stereocenters. The Bertz CT molecular complexity index is 1730. The van der Waals surface area contributed by atoms with Crippen molar-refractivity contribution in [3.63, 3.8) is 0 Å². The lowest BCUT2D eigenvalue weighted by atomic mass is 9.98. The molecule has 1 aromatic heterocycles. The van der Waals surface area contributed by atoms with E-state index in [2.05, 4.69) is 20.9 Å². The number of nitrogens with one attached hydrogen (secondary N) is 3. The maximum absolute atomic E-state index is 14.9. The Morgan fingerprint density at radius 3 is 2.58 bits per heavy atom. The number of ether oxygens (including phenoxy) is 2. The number of amides is 2. The lowest BCUT2D eigenvalue weighted by Crippen LogP contribution is -2.47. The van der Waals surface area contributed by atoms with Gasteiger partial charge in [-0.1, -0.05) is 48.0 Å². The van der Waals surface area contributed by atoms with Crippen molar-refractivity contribution in [3.8, 4) is 11.1 Å². The molecule has 4 aromatic rings. The van der Waals surface area contributed by atoms with Crippen LogP contribution in [0, 0.1) is 17.5 Å². The molecule has 5 rings (SSSR count). The van der Waals surface area contributed by atoms with Crippen LogP contribution in [0.3, 0.4) is 0 Å². The molecular weight excluding hydrogens is 647 g/mol. The topological polar surface area (TPSA) is 128 Å². The minimum atomic E-state index is -1.04. The molecular formula is C35H35ClF3N5O4. The van der Waals surface area contributed by atoms with Gasteiger partial charge in [0.25, 0.3) is 0 Å². The number of carbonyl (C=O) groups excluding carboxylic acids is 2. The number of anilines is 1. The van der Waals surface area contributed by atoms with E-state index in [1.807, 2.05) is 6.07 Å². The number of carbonyl (C=O) groups is 2. The molecule has 0 spiro atoms. The Labute approximate surface area is 281 Å². The van der Waals surface area contributed by atoms with Gasteiger partial charge in [-0.15, -0.1) is 0 Å². The van der Waals surface area contributed by atoms with E-state index >= 15 is 0 Å². The molecule has 2 heterocycles. The predicted molar refractivity (Wildman–Crippen MR) is 176 cm³/mol. The van der Waals surface area contributed by atoms with E-state index in [9.17, 15) is 22.8 Å². The summed E-state index contributed by atoms with van der Waals surface area (Å²) < 4.78 is 54.2. The number of hydrogen-bond acceptors (Lipinski definition) is 7. The maximum atomic E-state index is 14.9. The van der Waals surface area contributed by atoms with Gasteiger partial charge in [-0.3, -0.25) is 9.78 Å². The van der Waals surface area contributed by atoms with Gasteiger partial charge in [0.2, 0.25) is 5.91 Å². The lowest BCUT2D eigenvalue weighted by Gasteiger charge is -2.30. The number of aromatic nitrogens is 1. The second-order valence-corrected chi connectivity index (χ2v) is 11.8. The zero-order chi connectivity index (χ0) is 34.0. The van der Waals surface area contributed by atoms with E-state index < -0.39 is 41.6 Å².